The third-order valence-electron chi connectivity index (χ3n) is 4.67. The number of nitrogens with one attached hydrogen (secondary N) is 1. The number of ether oxygens (including phenoxy) is 1. The highest BCUT2D eigenvalue weighted by molar-refractivity contribution is 5.21. The molecule has 1 N–H and O–H groups in total. The summed E-state index contributed by atoms with van der Waals surface area (Å²) in [5.74, 6) is 0. The lowest BCUT2D eigenvalue weighted by Gasteiger charge is -2.49. The molecule has 1 aliphatic carbocycles. The van der Waals surface area contributed by atoms with Crippen LogP contribution < -0.4 is 5.32 Å². The summed E-state index contributed by atoms with van der Waals surface area (Å²) in [6.07, 6.45) is 2.89. The second kappa shape index (κ2) is 6.25. The predicted molar refractivity (Wildman–Crippen MR) is 81.8 cm³/mol. The Balaban J connectivity index is 1.69. The van der Waals surface area contributed by atoms with Crippen LogP contribution in [0.25, 0.3) is 0 Å². The Kier molecular flexibility index (Phi) is 4.39. The molecule has 0 bridgehead atoms. The first-order valence-corrected chi connectivity index (χ1v) is 7.93. The number of rotatable bonds is 4. The number of piperazine rings is 1. The molecular formula is C17H26N2O. The summed E-state index contributed by atoms with van der Waals surface area (Å²) in [5, 5.41) is 3.63. The summed E-state index contributed by atoms with van der Waals surface area (Å²) in [7, 11) is 0. The van der Waals surface area contributed by atoms with Crippen molar-refractivity contribution in [2.45, 2.75) is 50.9 Å². The quantitative estimate of drug-likeness (QED) is 0.913. The molecule has 0 amide bonds. The lowest BCUT2D eigenvalue weighted by Crippen LogP contribution is -2.58. The van der Waals surface area contributed by atoms with Crippen molar-refractivity contribution in [2.75, 3.05) is 19.7 Å². The predicted octanol–water partition coefficient (Wildman–Crippen LogP) is 2.59. The van der Waals surface area contributed by atoms with Crippen molar-refractivity contribution in [2.24, 2.45) is 0 Å². The van der Waals surface area contributed by atoms with Gasteiger partial charge in [-0.15, -0.1) is 0 Å². The standard InChI is InChI=1S/C17H26N2O/c1-3-20-16-9-15(10-16)19-12-13(2)18-11-17(19)14-7-5-4-6-8-14/h4-8,13,15-18H,3,9-12H2,1-2H3. The molecule has 20 heavy (non-hydrogen) atoms. The molecule has 0 aromatic heterocycles. The van der Waals surface area contributed by atoms with Crippen molar-refractivity contribution < 1.29 is 4.74 Å². The van der Waals surface area contributed by atoms with Crippen LogP contribution in [0.5, 0.6) is 0 Å². The SMILES string of the molecule is CCOC1CC(N2CC(C)NCC2c2ccccc2)C1. The smallest absolute Gasteiger partial charge is 0.0604 e. The first kappa shape index (κ1) is 14.1. The molecule has 0 spiro atoms. The third-order valence-corrected chi connectivity index (χ3v) is 4.67. The number of hydrogen-bond donors (Lipinski definition) is 1. The van der Waals surface area contributed by atoms with Gasteiger partial charge < -0.3 is 10.1 Å². The average Bonchev–Trinajstić information content (AvgIpc) is 2.43. The lowest BCUT2D eigenvalue weighted by atomic mass is 9.85. The van der Waals surface area contributed by atoms with Crippen LogP contribution in [-0.2, 0) is 4.74 Å². The van der Waals surface area contributed by atoms with E-state index in [1.54, 1.807) is 0 Å². The van der Waals surface area contributed by atoms with Crippen molar-refractivity contribution in [1.29, 1.82) is 0 Å². The summed E-state index contributed by atoms with van der Waals surface area (Å²) in [6.45, 7) is 7.42. The number of nitrogens with zero attached hydrogens (tertiary/aromatic N) is 1. The molecule has 3 rings (SSSR count). The van der Waals surface area contributed by atoms with Gasteiger partial charge in [-0.3, -0.25) is 4.90 Å². The van der Waals surface area contributed by atoms with Gasteiger partial charge in [-0.25, -0.2) is 0 Å². The Morgan fingerprint density at radius 1 is 1.25 bits per heavy atom. The van der Waals surface area contributed by atoms with E-state index in [1.807, 2.05) is 0 Å². The Hall–Kier alpha value is -0.900. The first-order valence-electron chi connectivity index (χ1n) is 7.93. The van der Waals surface area contributed by atoms with E-state index in [4.69, 9.17) is 4.74 Å². The van der Waals surface area contributed by atoms with Crippen LogP contribution in [-0.4, -0.2) is 42.8 Å². The van der Waals surface area contributed by atoms with Gasteiger partial charge >= 0.3 is 0 Å². The normalized spacial score (nSPS) is 34.7. The van der Waals surface area contributed by atoms with Crippen LogP contribution in [0.15, 0.2) is 30.3 Å². The topological polar surface area (TPSA) is 24.5 Å². The van der Waals surface area contributed by atoms with Crippen molar-refractivity contribution in [1.82, 2.24) is 10.2 Å². The molecule has 0 radical (unpaired) electrons. The van der Waals surface area contributed by atoms with Crippen LogP contribution in [0.1, 0.15) is 38.3 Å². The van der Waals surface area contributed by atoms with Gasteiger partial charge in [-0.2, -0.15) is 0 Å². The summed E-state index contributed by atoms with van der Waals surface area (Å²) >= 11 is 0. The van der Waals surface area contributed by atoms with Gasteiger partial charge in [0.05, 0.1) is 6.10 Å². The number of hydrogen-bond acceptors (Lipinski definition) is 3. The molecule has 1 aromatic carbocycles. The molecule has 1 saturated heterocycles. The van der Waals surface area contributed by atoms with E-state index in [0.717, 1.165) is 19.7 Å². The molecule has 1 saturated carbocycles. The molecule has 3 nitrogen and oxygen atoms in total. The van der Waals surface area contributed by atoms with Crippen LogP contribution in [0.3, 0.4) is 0 Å². The molecule has 2 aliphatic rings. The Morgan fingerprint density at radius 3 is 2.70 bits per heavy atom. The van der Waals surface area contributed by atoms with E-state index in [0.29, 0.717) is 24.2 Å². The highest BCUT2D eigenvalue weighted by atomic mass is 16.5. The van der Waals surface area contributed by atoms with Crippen molar-refractivity contribution in [3.05, 3.63) is 35.9 Å². The minimum absolute atomic E-state index is 0.492. The fraction of sp³-hybridized carbons (Fsp3) is 0.647. The summed E-state index contributed by atoms with van der Waals surface area (Å²) in [4.78, 5) is 2.70. The molecule has 110 valence electrons. The van der Waals surface area contributed by atoms with Crippen LogP contribution in [0.2, 0.25) is 0 Å². The van der Waals surface area contributed by atoms with Crippen molar-refractivity contribution >= 4 is 0 Å². The van der Waals surface area contributed by atoms with Gasteiger partial charge in [-0.1, -0.05) is 30.3 Å². The fourth-order valence-electron chi connectivity index (χ4n) is 3.51. The van der Waals surface area contributed by atoms with E-state index in [2.05, 4.69) is 54.4 Å². The largest absolute Gasteiger partial charge is 0.378 e. The average molecular weight is 274 g/mol. The van der Waals surface area contributed by atoms with E-state index < -0.39 is 0 Å². The van der Waals surface area contributed by atoms with Crippen LogP contribution >= 0.6 is 0 Å². The Bertz CT molecular complexity index is 416. The van der Waals surface area contributed by atoms with Crippen LogP contribution in [0.4, 0.5) is 0 Å². The Morgan fingerprint density at radius 2 is 2.00 bits per heavy atom. The lowest BCUT2D eigenvalue weighted by molar-refractivity contribution is -0.0664. The second-order valence-corrected chi connectivity index (χ2v) is 6.14. The minimum atomic E-state index is 0.492. The Labute approximate surface area is 122 Å². The summed E-state index contributed by atoms with van der Waals surface area (Å²) < 4.78 is 5.72. The number of benzene rings is 1. The van der Waals surface area contributed by atoms with Gasteiger partial charge in [0.15, 0.2) is 0 Å². The van der Waals surface area contributed by atoms with E-state index in [-0.39, 0.29) is 0 Å². The molecule has 2 unspecified atom stereocenters. The minimum Gasteiger partial charge on any atom is -0.378 e. The van der Waals surface area contributed by atoms with Gasteiger partial charge in [0.25, 0.3) is 0 Å². The molecule has 2 fully saturated rings. The zero-order valence-electron chi connectivity index (χ0n) is 12.6. The summed E-state index contributed by atoms with van der Waals surface area (Å²) in [5.41, 5.74) is 1.44. The maximum atomic E-state index is 5.72. The van der Waals surface area contributed by atoms with Gasteiger partial charge in [0.1, 0.15) is 0 Å². The zero-order chi connectivity index (χ0) is 13.9. The monoisotopic (exact) mass is 274 g/mol. The maximum Gasteiger partial charge on any atom is 0.0604 e. The molecule has 1 aliphatic heterocycles. The molecular weight excluding hydrogens is 248 g/mol. The van der Waals surface area contributed by atoms with E-state index in [1.165, 1.54) is 18.4 Å². The first-order chi connectivity index (χ1) is 9.78. The maximum absolute atomic E-state index is 5.72. The van der Waals surface area contributed by atoms with Gasteiger partial charge in [0, 0.05) is 37.8 Å². The third kappa shape index (κ3) is 2.90. The van der Waals surface area contributed by atoms with Gasteiger partial charge in [0.2, 0.25) is 0 Å². The van der Waals surface area contributed by atoms with Crippen molar-refractivity contribution in [3.8, 4) is 0 Å². The van der Waals surface area contributed by atoms with Crippen molar-refractivity contribution in [3.63, 3.8) is 0 Å². The molecule has 1 aromatic rings. The second-order valence-electron chi connectivity index (χ2n) is 6.14. The molecule has 2 atom stereocenters. The van der Waals surface area contributed by atoms with Crippen LogP contribution in [0, 0.1) is 0 Å². The highest BCUT2D eigenvalue weighted by Gasteiger charge is 2.39. The van der Waals surface area contributed by atoms with E-state index >= 15 is 0 Å². The molecule has 3 heteroatoms. The zero-order valence-corrected chi connectivity index (χ0v) is 12.6. The van der Waals surface area contributed by atoms with E-state index in [9.17, 15) is 0 Å². The highest BCUT2D eigenvalue weighted by Crippen LogP contribution is 2.35. The fourth-order valence-corrected chi connectivity index (χ4v) is 3.51. The summed E-state index contributed by atoms with van der Waals surface area (Å²) in [6, 6.07) is 12.7. The van der Waals surface area contributed by atoms with Gasteiger partial charge in [-0.05, 0) is 32.3 Å². The molecule has 1 heterocycles.